The van der Waals surface area contributed by atoms with E-state index >= 15 is 0 Å². The van der Waals surface area contributed by atoms with Crippen LogP contribution in [0.25, 0.3) is 0 Å². The Bertz CT molecular complexity index is 605. The van der Waals surface area contributed by atoms with Gasteiger partial charge in [0, 0.05) is 18.8 Å². The number of ether oxygens (including phenoxy) is 1. The van der Waals surface area contributed by atoms with E-state index in [1.165, 1.54) is 49.3 Å². The fraction of sp³-hybridized carbons (Fsp3) is 0.526. The summed E-state index contributed by atoms with van der Waals surface area (Å²) < 4.78 is 5.22. The van der Waals surface area contributed by atoms with Gasteiger partial charge in [-0.15, -0.1) is 0 Å². The average Bonchev–Trinajstić information content (AvgIpc) is 2.99. The van der Waals surface area contributed by atoms with Gasteiger partial charge >= 0.3 is 0 Å². The molecule has 3 rings (SSSR count). The second-order valence-corrected chi connectivity index (χ2v) is 6.60. The molecule has 0 spiro atoms. The summed E-state index contributed by atoms with van der Waals surface area (Å²) in [4.78, 5) is 10.2. The third-order valence-corrected chi connectivity index (χ3v) is 4.91. The largest absolute Gasteiger partial charge is 0.497 e. The van der Waals surface area contributed by atoms with Crippen molar-refractivity contribution in [2.45, 2.75) is 39.2 Å². The first-order valence-corrected chi connectivity index (χ1v) is 8.58. The van der Waals surface area contributed by atoms with E-state index in [2.05, 4.69) is 46.1 Å². The van der Waals surface area contributed by atoms with Crippen LogP contribution in [0.15, 0.2) is 30.6 Å². The lowest BCUT2D eigenvalue weighted by atomic mass is 9.91. The number of hydrogen-bond donors (Lipinski definition) is 1. The van der Waals surface area contributed by atoms with Crippen LogP contribution in [0, 0.1) is 12.8 Å². The predicted molar refractivity (Wildman–Crippen MR) is 92.6 cm³/mol. The zero-order valence-corrected chi connectivity index (χ0v) is 14.2. The van der Waals surface area contributed by atoms with Crippen LogP contribution in [0.1, 0.15) is 36.2 Å². The van der Waals surface area contributed by atoms with E-state index in [1.54, 1.807) is 13.4 Å². The van der Waals surface area contributed by atoms with E-state index < -0.39 is 0 Å². The monoisotopic (exact) mass is 313 g/mol. The Hall–Kier alpha value is -1.81. The fourth-order valence-corrected chi connectivity index (χ4v) is 3.45. The topological polar surface area (TPSA) is 41.1 Å². The molecule has 124 valence electrons. The molecule has 23 heavy (non-hydrogen) atoms. The van der Waals surface area contributed by atoms with Crippen molar-refractivity contribution in [3.05, 3.63) is 47.5 Å². The number of aromatic amines is 1. The van der Waals surface area contributed by atoms with Gasteiger partial charge in [-0.2, -0.15) is 0 Å². The van der Waals surface area contributed by atoms with E-state index in [-0.39, 0.29) is 0 Å². The molecule has 1 N–H and O–H groups in total. The average molecular weight is 313 g/mol. The SMILES string of the molecule is COc1ccc(CC[C@H]2CCCN(Cc3nc[nH]c3C)C2)cc1. The van der Waals surface area contributed by atoms with Gasteiger partial charge in [0.05, 0.1) is 19.1 Å². The van der Waals surface area contributed by atoms with Gasteiger partial charge in [-0.1, -0.05) is 12.1 Å². The Morgan fingerprint density at radius 3 is 2.83 bits per heavy atom. The van der Waals surface area contributed by atoms with Crippen LogP contribution in [0.2, 0.25) is 0 Å². The van der Waals surface area contributed by atoms with Gasteiger partial charge in [0.15, 0.2) is 0 Å². The van der Waals surface area contributed by atoms with Gasteiger partial charge in [-0.3, -0.25) is 4.90 Å². The smallest absolute Gasteiger partial charge is 0.118 e. The van der Waals surface area contributed by atoms with Crippen LogP contribution in [-0.4, -0.2) is 35.1 Å². The molecule has 1 fully saturated rings. The minimum absolute atomic E-state index is 0.796. The number of hydrogen-bond acceptors (Lipinski definition) is 3. The summed E-state index contributed by atoms with van der Waals surface area (Å²) in [6.45, 7) is 5.48. The van der Waals surface area contributed by atoms with E-state index in [4.69, 9.17) is 4.74 Å². The summed E-state index contributed by atoms with van der Waals surface area (Å²) in [6.07, 6.45) is 6.88. The molecule has 1 atom stereocenters. The highest BCUT2D eigenvalue weighted by Crippen LogP contribution is 2.23. The summed E-state index contributed by atoms with van der Waals surface area (Å²) in [5.41, 5.74) is 3.80. The number of piperidine rings is 1. The lowest BCUT2D eigenvalue weighted by Crippen LogP contribution is -2.35. The van der Waals surface area contributed by atoms with Crippen LogP contribution >= 0.6 is 0 Å². The first-order chi connectivity index (χ1) is 11.2. The molecule has 1 aliphatic rings. The minimum atomic E-state index is 0.796. The number of H-pyrrole nitrogens is 1. The standard InChI is InChI=1S/C19H27N3O/c1-15-19(21-14-20-15)13-22-11-3-4-17(12-22)6-5-16-7-9-18(23-2)10-8-16/h7-10,14,17H,3-6,11-13H2,1-2H3,(H,20,21)/t17-/m1/s1. The zero-order chi connectivity index (χ0) is 16.1. The molecule has 2 heterocycles. The highest BCUT2D eigenvalue weighted by atomic mass is 16.5. The van der Waals surface area contributed by atoms with Gasteiger partial charge in [0.25, 0.3) is 0 Å². The molecule has 1 saturated heterocycles. The number of imidazole rings is 1. The van der Waals surface area contributed by atoms with Crippen LogP contribution in [-0.2, 0) is 13.0 Å². The number of aryl methyl sites for hydroxylation is 2. The molecule has 0 saturated carbocycles. The number of methoxy groups -OCH3 is 1. The third-order valence-electron chi connectivity index (χ3n) is 4.91. The number of likely N-dealkylation sites (tertiary alicyclic amines) is 1. The van der Waals surface area contributed by atoms with Gasteiger partial charge in [-0.25, -0.2) is 4.98 Å². The third kappa shape index (κ3) is 4.35. The molecule has 2 aromatic rings. The van der Waals surface area contributed by atoms with Gasteiger partial charge in [-0.05, 0) is 62.8 Å². The van der Waals surface area contributed by atoms with Gasteiger partial charge in [0.2, 0.25) is 0 Å². The minimum Gasteiger partial charge on any atom is -0.497 e. The summed E-state index contributed by atoms with van der Waals surface area (Å²) in [5, 5.41) is 0. The van der Waals surface area contributed by atoms with Crippen molar-refractivity contribution in [2.75, 3.05) is 20.2 Å². The van der Waals surface area contributed by atoms with Gasteiger partial charge in [0.1, 0.15) is 5.75 Å². The van der Waals surface area contributed by atoms with E-state index in [9.17, 15) is 0 Å². The molecule has 0 aliphatic carbocycles. The zero-order valence-electron chi connectivity index (χ0n) is 14.2. The number of nitrogens with one attached hydrogen (secondary N) is 1. The van der Waals surface area contributed by atoms with Crippen LogP contribution in [0.4, 0.5) is 0 Å². The number of benzene rings is 1. The van der Waals surface area contributed by atoms with Crippen molar-refractivity contribution < 1.29 is 4.74 Å². The maximum Gasteiger partial charge on any atom is 0.118 e. The molecule has 4 heteroatoms. The van der Waals surface area contributed by atoms with Crippen molar-refractivity contribution in [1.82, 2.24) is 14.9 Å². The quantitative estimate of drug-likeness (QED) is 0.886. The molecule has 0 amide bonds. The summed E-state index contributed by atoms with van der Waals surface area (Å²) >= 11 is 0. The van der Waals surface area contributed by atoms with E-state index in [0.717, 1.165) is 24.6 Å². The second kappa shape index (κ2) is 7.64. The molecular weight excluding hydrogens is 286 g/mol. The van der Waals surface area contributed by atoms with Crippen molar-refractivity contribution >= 4 is 0 Å². The van der Waals surface area contributed by atoms with Crippen LogP contribution < -0.4 is 4.74 Å². The van der Waals surface area contributed by atoms with Crippen LogP contribution in [0.5, 0.6) is 5.75 Å². The number of nitrogens with zero attached hydrogens (tertiary/aromatic N) is 2. The Morgan fingerprint density at radius 2 is 2.13 bits per heavy atom. The molecule has 0 radical (unpaired) electrons. The number of aromatic nitrogens is 2. The molecule has 1 aromatic carbocycles. The Balaban J connectivity index is 1.49. The van der Waals surface area contributed by atoms with Crippen molar-refractivity contribution in [2.24, 2.45) is 5.92 Å². The second-order valence-electron chi connectivity index (χ2n) is 6.60. The highest BCUT2D eigenvalue weighted by Gasteiger charge is 2.20. The Labute approximate surface area is 138 Å². The molecule has 0 unspecified atom stereocenters. The van der Waals surface area contributed by atoms with Crippen molar-refractivity contribution in [3.8, 4) is 5.75 Å². The Kier molecular flexibility index (Phi) is 5.34. The maximum absolute atomic E-state index is 5.22. The van der Waals surface area contributed by atoms with Crippen LogP contribution in [0.3, 0.4) is 0 Å². The highest BCUT2D eigenvalue weighted by molar-refractivity contribution is 5.27. The molecule has 1 aromatic heterocycles. The van der Waals surface area contributed by atoms with Crippen molar-refractivity contribution in [1.29, 1.82) is 0 Å². The summed E-state index contributed by atoms with van der Waals surface area (Å²) in [6, 6.07) is 8.49. The van der Waals surface area contributed by atoms with Crippen molar-refractivity contribution in [3.63, 3.8) is 0 Å². The van der Waals surface area contributed by atoms with E-state index in [0.29, 0.717) is 0 Å². The summed E-state index contributed by atoms with van der Waals surface area (Å²) in [5.74, 6) is 1.73. The predicted octanol–water partition coefficient (Wildman–Crippen LogP) is 3.57. The maximum atomic E-state index is 5.22. The van der Waals surface area contributed by atoms with E-state index in [1.807, 2.05) is 0 Å². The lowest BCUT2D eigenvalue weighted by molar-refractivity contribution is 0.160. The molecule has 1 aliphatic heterocycles. The first-order valence-electron chi connectivity index (χ1n) is 8.58. The molecule has 4 nitrogen and oxygen atoms in total. The molecule has 0 bridgehead atoms. The summed E-state index contributed by atoms with van der Waals surface area (Å²) in [7, 11) is 1.71. The lowest BCUT2D eigenvalue weighted by Gasteiger charge is -2.32. The fourth-order valence-electron chi connectivity index (χ4n) is 3.45. The Morgan fingerprint density at radius 1 is 1.30 bits per heavy atom. The molecular formula is C19H27N3O. The normalized spacial score (nSPS) is 19.0. The number of rotatable bonds is 6. The van der Waals surface area contributed by atoms with Gasteiger partial charge < -0.3 is 9.72 Å². The first kappa shape index (κ1) is 16.1.